The Balaban J connectivity index is 1.80. The molecule has 0 spiro atoms. The molecule has 1 amide bonds. The third-order valence-corrected chi connectivity index (χ3v) is 3.86. The molecule has 6 nitrogen and oxygen atoms in total. The van der Waals surface area contributed by atoms with E-state index in [1.165, 1.54) is 0 Å². The van der Waals surface area contributed by atoms with Gasteiger partial charge in [0.15, 0.2) is 0 Å². The molecule has 0 aliphatic heterocycles. The van der Waals surface area contributed by atoms with Crippen LogP contribution in [0.4, 0.5) is 0 Å². The summed E-state index contributed by atoms with van der Waals surface area (Å²) < 4.78 is 10.6. The molecule has 0 radical (unpaired) electrons. The maximum atomic E-state index is 12.2. The summed E-state index contributed by atoms with van der Waals surface area (Å²) in [7, 11) is 0. The molecule has 2 rings (SSSR count). The van der Waals surface area contributed by atoms with E-state index in [1.54, 1.807) is 20.8 Å². The van der Waals surface area contributed by atoms with Crippen LogP contribution in [0.2, 0.25) is 0 Å². The molecule has 130 valence electrons. The van der Waals surface area contributed by atoms with Gasteiger partial charge in [0.2, 0.25) is 5.91 Å². The average molecular weight is 332 g/mol. The number of amides is 1. The summed E-state index contributed by atoms with van der Waals surface area (Å²) in [6, 6.07) is 7.59. The fraction of sp³-hybridized carbons (Fsp3) is 0.444. The molecule has 2 unspecified atom stereocenters. The highest BCUT2D eigenvalue weighted by Crippen LogP contribution is 2.23. The van der Waals surface area contributed by atoms with E-state index in [-0.39, 0.29) is 25.0 Å². The monoisotopic (exact) mass is 332 g/mol. The van der Waals surface area contributed by atoms with Crippen molar-refractivity contribution < 1.29 is 19.2 Å². The van der Waals surface area contributed by atoms with Gasteiger partial charge in [0.05, 0.1) is 11.6 Å². The van der Waals surface area contributed by atoms with Gasteiger partial charge in [-0.15, -0.1) is 0 Å². The van der Waals surface area contributed by atoms with E-state index < -0.39 is 6.10 Å². The number of aliphatic hydroxyl groups excluding tert-OH is 1. The van der Waals surface area contributed by atoms with Crippen LogP contribution in [0.15, 0.2) is 28.8 Å². The van der Waals surface area contributed by atoms with E-state index in [1.807, 2.05) is 31.2 Å². The SMILES string of the molecule is Cc1cccc(OCC(O)CNC(=O)C(C)c2c(C)noc2C)c1. The second-order valence-corrected chi connectivity index (χ2v) is 5.99. The summed E-state index contributed by atoms with van der Waals surface area (Å²) in [6.07, 6.45) is -0.786. The predicted molar refractivity (Wildman–Crippen MR) is 90.1 cm³/mol. The quantitative estimate of drug-likeness (QED) is 0.812. The minimum absolute atomic E-state index is 0.115. The van der Waals surface area contributed by atoms with Crippen LogP contribution in [0.1, 0.15) is 35.4 Å². The Hall–Kier alpha value is -2.34. The van der Waals surface area contributed by atoms with Gasteiger partial charge in [0.1, 0.15) is 24.2 Å². The first-order valence-corrected chi connectivity index (χ1v) is 7.96. The van der Waals surface area contributed by atoms with Gasteiger partial charge in [-0.1, -0.05) is 17.3 Å². The van der Waals surface area contributed by atoms with Gasteiger partial charge >= 0.3 is 0 Å². The Morgan fingerprint density at radius 2 is 2.12 bits per heavy atom. The highest BCUT2D eigenvalue weighted by atomic mass is 16.5. The summed E-state index contributed by atoms with van der Waals surface area (Å²) >= 11 is 0. The number of carbonyl (C=O) groups excluding carboxylic acids is 1. The van der Waals surface area contributed by atoms with Crippen molar-refractivity contribution in [3.8, 4) is 5.75 Å². The molecule has 0 fully saturated rings. The Labute approximate surface area is 141 Å². The zero-order valence-electron chi connectivity index (χ0n) is 14.5. The molecule has 6 heteroatoms. The number of aromatic nitrogens is 1. The molecule has 2 aromatic rings. The third-order valence-electron chi connectivity index (χ3n) is 3.86. The van der Waals surface area contributed by atoms with Crippen LogP contribution >= 0.6 is 0 Å². The molecule has 1 aromatic heterocycles. The van der Waals surface area contributed by atoms with Gasteiger partial charge in [-0.05, 0) is 45.4 Å². The molecule has 2 atom stereocenters. The molecule has 0 bridgehead atoms. The summed E-state index contributed by atoms with van der Waals surface area (Å²) in [4.78, 5) is 12.2. The summed E-state index contributed by atoms with van der Waals surface area (Å²) in [6.45, 7) is 7.59. The van der Waals surface area contributed by atoms with Crippen LogP contribution in [0.25, 0.3) is 0 Å². The minimum Gasteiger partial charge on any atom is -0.491 e. The first-order valence-electron chi connectivity index (χ1n) is 7.96. The van der Waals surface area contributed by atoms with Crippen molar-refractivity contribution >= 4 is 5.91 Å². The molecular formula is C18H24N2O4. The van der Waals surface area contributed by atoms with Crippen LogP contribution < -0.4 is 10.1 Å². The van der Waals surface area contributed by atoms with Crippen molar-refractivity contribution in [2.24, 2.45) is 0 Å². The number of carbonyl (C=O) groups is 1. The van der Waals surface area contributed by atoms with E-state index >= 15 is 0 Å². The lowest BCUT2D eigenvalue weighted by molar-refractivity contribution is -0.122. The molecule has 0 saturated heterocycles. The number of benzene rings is 1. The Morgan fingerprint density at radius 1 is 1.38 bits per heavy atom. The predicted octanol–water partition coefficient (Wildman–Crippen LogP) is 2.26. The smallest absolute Gasteiger partial charge is 0.227 e. The second kappa shape index (κ2) is 7.97. The maximum absolute atomic E-state index is 12.2. The number of rotatable bonds is 7. The number of nitrogens with zero attached hydrogens (tertiary/aromatic N) is 1. The fourth-order valence-electron chi connectivity index (χ4n) is 2.57. The van der Waals surface area contributed by atoms with E-state index in [9.17, 15) is 9.90 Å². The Bertz CT molecular complexity index is 677. The van der Waals surface area contributed by atoms with Gasteiger partial charge in [-0.3, -0.25) is 4.79 Å². The summed E-state index contributed by atoms with van der Waals surface area (Å²) in [5.41, 5.74) is 2.58. The Morgan fingerprint density at radius 3 is 2.75 bits per heavy atom. The fourth-order valence-corrected chi connectivity index (χ4v) is 2.57. The molecular weight excluding hydrogens is 308 g/mol. The zero-order valence-corrected chi connectivity index (χ0v) is 14.5. The molecule has 1 heterocycles. The van der Waals surface area contributed by atoms with Crippen molar-refractivity contribution in [3.05, 3.63) is 46.8 Å². The van der Waals surface area contributed by atoms with Crippen molar-refractivity contribution in [3.63, 3.8) is 0 Å². The lowest BCUT2D eigenvalue weighted by Gasteiger charge is -2.16. The lowest BCUT2D eigenvalue weighted by Crippen LogP contribution is -2.37. The number of aliphatic hydroxyl groups is 1. The Kier molecular flexibility index (Phi) is 5.98. The van der Waals surface area contributed by atoms with Gasteiger partial charge in [0, 0.05) is 12.1 Å². The lowest BCUT2D eigenvalue weighted by atomic mass is 9.99. The van der Waals surface area contributed by atoms with Crippen LogP contribution in [0.5, 0.6) is 5.75 Å². The van der Waals surface area contributed by atoms with Crippen LogP contribution in [0, 0.1) is 20.8 Å². The number of hydrogen-bond donors (Lipinski definition) is 2. The van der Waals surface area contributed by atoms with Gasteiger partial charge in [0.25, 0.3) is 0 Å². The van der Waals surface area contributed by atoms with Crippen LogP contribution in [-0.4, -0.2) is 35.4 Å². The number of hydrogen-bond acceptors (Lipinski definition) is 5. The standard InChI is InChI=1S/C18H24N2O4/c1-11-6-5-7-16(8-11)23-10-15(21)9-19-18(22)12(2)17-13(3)20-24-14(17)4/h5-8,12,15,21H,9-10H2,1-4H3,(H,19,22). The molecule has 0 aliphatic carbocycles. The van der Waals surface area contributed by atoms with Crippen molar-refractivity contribution in [1.82, 2.24) is 10.5 Å². The van der Waals surface area contributed by atoms with Crippen LogP contribution in [-0.2, 0) is 4.79 Å². The van der Waals surface area contributed by atoms with Gasteiger partial charge in [-0.25, -0.2) is 0 Å². The maximum Gasteiger partial charge on any atom is 0.227 e. The topological polar surface area (TPSA) is 84.6 Å². The van der Waals surface area contributed by atoms with E-state index in [4.69, 9.17) is 9.26 Å². The number of nitrogens with one attached hydrogen (secondary N) is 1. The van der Waals surface area contributed by atoms with Crippen molar-refractivity contribution in [2.45, 2.75) is 39.7 Å². The largest absolute Gasteiger partial charge is 0.491 e. The highest BCUT2D eigenvalue weighted by Gasteiger charge is 2.23. The third kappa shape index (κ3) is 4.58. The van der Waals surface area contributed by atoms with Crippen LogP contribution in [0.3, 0.4) is 0 Å². The number of ether oxygens (including phenoxy) is 1. The van der Waals surface area contributed by atoms with Gasteiger partial charge in [-0.2, -0.15) is 0 Å². The van der Waals surface area contributed by atoms with E-state index in [0.717, 1.165) is 11.1 Å². The normalized spacial score (nSPS) is 13.4. The molecule has 24 heavy (non-hydrogen) atoms. The van der Waals surface area contributed by atoms with E-state index in [2.05, 4.69) is 10.5 Å². The zero-order chi connectivity index (χ0) is 17.7. The summed E-state index contributed by atoms with van der Waals surface area (Å²) in [5.74, 6) is 0.767. The first-order chi connectivity index (χ1) is 11.4. The summed E-state index contributed by atoms with van der Waals surface area (Å²) in [5, 5.41) is 16.6. The molecule has 0 aliphatic rings. The second-order valence-electron chi connectivity index (χ2n) is 5.99. The van der Waals surface area contributed by atoms with E-state index in [0.29, 0.717) is 17.2 Å². The van der Waals surface area contributed by atoms with Crippen molar-refractivity contribution in [2.75, 3.05) is 13.2 Å². The van der Waals surface area contributed by atoms with Crippen molar-refractivity contribution in [1.29, 1.82) is 0 Å². The number of aryl methyl sites for hydroxylation is 3. The molecule has 2 N–H and O–H groups in total. The molecule has 1 aromatic carbocycles. The highest BCUT2D eigenvalue weighted by molar-refractivity contribution is 5.83. The minimum atomic E-state index is -0.786. The van der Waals surface area contributed by atoms with Gasteiger partial charge < -0.3 is 19.7 Å². The molecule has 0 saturated carbocycles. The first kappa shape index (κ1) is 18.0. The average Bonchev–Trinajstić information content (AvgIpc) is 2.88.